The second kappa shape index (κ2) is 19.2. The van der Waals surface area contributed by atoms with Crippen molar-refractivity contribution in [2.24, 2.45) is 29.6 Å². The molecule has 3 saturated heterocycles. The molecule has 1 saturated carbocycles. The van der Waals surface area contributed by atoms with E-state index in [-0.39, 0.29) is 84.3 Å². The molecule has 328 valence electrons. The number of ether oxygens (including phenoxy) is 8. The van der Waals surface area contributed by atoms with Gasteiger partial charge in [0.25, 0.3) is 0 Å². The van der Waals surface area contributed by atoms with Crippen LogP contribution in [0.2, 0.25) is 0 Å². The van der Waals surface area contributed by atoms with Gasteiger partial charge in [0.2, 0.25) is 0 Å². The van der Waals surface area contributed by atoms with Crippen LogP contribution in [0.3, 0.4) is 0 Å². The van der Waals surface area contributed by atoms with Gasteiger partial charge in [0.15, 0.2) is 18.4 Å². The molecule has 3 heterocycles. The molecule has 11 nitrogen and oxygen atoms in total. The van der Waals surface area contributed by atoms with Crippen LogP contribution < -0.4 is 0 Å². The van der Waals surface area contributed by atoms with E-state index in [4.69, 9.17) is 37.9 Å². The lowest BCUT2D eigenvalue weighted by Gasteiger charge is -2.44. The van der Waals surface area contributed by atoms with Gasteiger partial charge in [-0.3, -0.25) is 9.59 Å². The molecular weight excluding hydrogens is 758 g/mol. The van der Waals surface area contributed by atoms with Gasteiger partial charge in [-0.25, -0.2) is 4.39 Å². The average Bonchev–Trinajstić information content (AvgIpc) is 3.79. The summed E-state index contributed by atoms with van der Waals surface area (Å²) in [6, 6.07) is 7.05. The second-order valence-electron chi connectivity index (χ2n) is 18.2. The van der Waals surface area contributed by atoms with E-state index >= 15 is 9.18 Å². The molecule has 7 rings (SSSR count). The maximum atomic E-state index is 15.1. The Kier molecular flexibility index (Phi) is 14.5. The summed E-state index contributed by atoms with van der Waals surface area (Å²) < 4.78 is 65.1. The first-order valence-electron chi connectivity index (χ1n) is 22.1. The van der Waals surface area contributed by atoms with Gasteiger partial charge in [0.1, 0.15) is 30.2 Å². The molecule has 0 radical (unpaired) electrons. The number of methoxy groups -OCH3 is 3. The molecule has 0 bridgehead atoms. The van der Waals surface area contributed by atoms with Crippen molar-refractivity contribution in [3.05, 3.63) is 58.9 Å². The minimum atomic E-state index is -0.686. The zero-order valence-corrected chi connectivity index (χ0v) is 36.6. The smallest absolute Gasteiger partial charge is 0.306 e. The Balaban J connectivity index is 1.21. The normalized spacial score (nSPS) is 41.8. The molecule has 3 aliphatic carbocycles. The van der Waals surface area contributed by atoms with Crippen molar-refractivity contribution in [2.45, 2.75) is 159 Å². The minimum absolute atomic E-state index is 0.000939. The third-order valence-electron chi connectivity index (χ3n) is 14.5. The Morgan fingerprint density at radius 2 is 1.61 bits per heavy atom. The fraction of sp³-hybridized carbons (Fsp3) is 0.745. The lowest BCUT2D eigenvalue weighted by molar-refractivity contribution is -0.314. The van der Waals surface area contributed by atoms with E-state index in [1.54, 1.807) is 33.5 Å². The Morgan fingerprint density at radius 3 is 2.29 bits per heavy atom. The number of hydrogen-bond donors (Lipinski definition) is 0. The fourth-order valence-electron chi connectivity index (χ4n) is 11.5. The van der Waals surface area contributed by atoms with E-state index in [9.17, 15) is 4.79 Å². The molecule has 1 aromatic rings. The molecule has 0 aromatic heterocycles. The molecule has 12 heteroatoms. The van der Waals surface area contributed by atoms with Crippen LogP contribution in [-0.4, -0.2) is 120 Å². The minimum Gasteiger partial charge on any atom is -0.462 e. The summed E-state index contributed by atoms with van der Waals surface area (Å²) in [5, 5.41) is 0. The molecule has 0 amide bonds. The first-order chi connectivity index (χ1) is 28.3. The number of Topliss-reactive ketones (excluding diaryl/α,β-unsaturated/α-hetero) is 1. The lowest BCUT2D eigenvalue weighted by atomic mass is 9.64. The number of likely N-dealkylation sites (N-methyl/N-ethyl adjacent to an activating group) is 1. The van der Waals surface area contributed by atoms with Crippen LogP contribution in [-0.2, 0) is 47.5 Å². The predicted molar refractivity (Wildman–Crippen MR) is 219 cm³/mol. The number of esters is 1. The summed E-state index contributed by atoms with van der Waals surface area (Å²) in [5.74, 6) is -1.96. The van der Waals surface area contributed by atoms with Crippen molar-refractivity contribution in [3.63, 3.8) is 0 Å². The van der Waals surface area contributed by atoms with Gasteiger partial charge in [0.05, 0.1) is 30.8 Å². The highest BCUT2D eigenvalue weighted by atomic mass is 19.1. The van der Waals surface area contributed by atoms with Gasteiger partial charge in [-0.2, -0.15) is 0 Å². The van der Waals surface area contributed by atoms with Crippen molar-refractivity contribution in [3.8, 4) is 0 Å². The van der Waals surface area contributed by atoms with Gasteiger partial charge >= 0.3 is 5.97 Å². The van der Waals surface area contributed by atoms with Crippen molar-refractivity contribution in [1.29, 1.82) is 0 Å². The lowest BCUT2D eigenvalue weighted by Crippen LogP contribution is -2.59. The summed E-state index contributed by atoms with van der Waals surface area (Å²) in [5.41, 5.74) is 2.70. The Hall–Kier alpha value is -2.55. The van der Waals surface area contributed by atoms with Crippen LogP contribution in [0.15, 0.2) is 47.6 Å². The standard InChI is InChI=1S/C47H68FNO10/c1-10-31-15-12-16-39(59-41-18-17-38(49(5)6)26(3)55-41)25(2)43(51)37-23-35-33-22-32(58-47-46(54-9)45(53-8)44(52-7)27(4)56-47)20-29(33)21-34(28-13-11-14-30(48)19-28)42(35)36(37)24-40(50)57-31/h11,13-14,19,21,23,25-27,31-36,38-39,41-42,44-47H,10,12,15-18,20,22,24H2,1-9H3/t25-,26?,27?,31+,32-,33-,34?,35+,36-,38+,39+,41+,42-,44+,45?,46?,47+/m1/s1. The first kappa shape index (κ1) is 44.5. The van der Waals surface area contributed by atoms with Gasteiger partial charge in [0, 0.05) is 45.1 Å². The van der Waals surface area contributed by atoms with E-state index in [1.807, 2.05) is 26.8 Å². The SMILES string of the molecule is CC[C@H]1CCC[C@H](O[C@H]2CC[C@H](N(C)C)C(C)O2)[C@@H](C)C(=O)C2=C[C@@H]3[C@@H](C(c4cccc(F)c4)C=C4C[C@@H](O[C@@H]5OC(C)[C@H](OC)C(OC)C5OC)C[C@H]43)[C@@H]2CC(=O)O1. The summed E-state index contributed by atoms with van der Waals surface area (Å²) in [7, 11) is 9.06. The largest absolute Gasteiger partial charge is 0.462 e. The van der Waals surface area contributed by atoms with E-state index < -0.39 is 36.6 Å². The number of allylic oxidation sites excluding steroid dienone is 3. The number of cyclic esters (lactones) is 1. The van der Waals surface area contributed by atoms with E-state index in [0.29, 0.717) is 43.7 Å². The summed E-state index contributed by atoms with van der Waals surface area (Å²) >= 11 is 0. The number of benzene rings is 1. The average molecular weight is 826 g/mol. The van der Waals surface area contributed by atoms with Gasteiger partial charge in [-0.05, 0) is 120 Å². The highest BCUT2D eigenvalue weighted by molar-refractivity contribution is 5.99. The van der Waals surface area contributed by atoms with Crippen molar-refractivity contribution in [1.82, 2.24) is 4.90 Å². The number of ketones is 1. The van der Waals surface area contributed by atoms with E-state index in [0.717, 1.165) is 24.8 Å². The van der Waals surface area contributed by atoms with Gasteiger partial charge in [-0.1, -0.05) is 43.7 Å². The van der Waals surface area contributed by atoms with Crippen LogP contribution in [0, 0.1) is 35.4 Å². The van der Waals surface area contributed by atoms with Crippen molar-refractivity contribution < 1.29 is 51.9 Å². The maximum absolute atomic E-state index is 15.1. The van der Waals surface area contributed by atoms with Crippen LogP contribution in [0.4, 0.5) is 4.39 Å². The van der Waals surface area contributed by atoms with Gasteiger partial charge < -0.3 is 42.8 Å². The number of carbonyl (C=O) groups excluding carboxylic acids is 2. The number of fused-ring (bicyclic) bond motifs is 5. The molecule has 59 heavy (non-hydrogen) atoms. The zero-order chi connectivity index (χ0) is 42.1. The number of carbonyl (C=O) groups is 2. The molecule has 0 N–H and O–H groups in total. The number of halogens is 1. The topological polar surface area (TPSA) is 111 Å². The Bertz CT molecular complexity index is 1680. The number of rotatable bonds is 10. The summed E-state index contributed by atoms with van der Waals surface area (Å²) in [6.45, 7) is 8.07. The molecular formula is C47H68FNO10. The summed E-state index contributed by atoms with van der Waals surface area (Å²) in [6.07, 6.45) is 6.92. The predicted octanol–water partition coefficient (Wildman–Crippen LogP) is 7.16. The first-order valence-corrected chi connectivity index (χ1v) is 22.1. The number of nitrogens with zero attached hydrogens (tertiary/aromatic N) is 1. The molecule has 17 atom stereocenters. The highest BCUT2D eigenvalue weighted by Gasteiger charge is 2.54. The van der Waals surface area contributed by atoms with E-state index in [1.165, 1.54) is 11.6 Å². The van der Waals surface area contributed by atoms with Crippen LogP contribution in [0.5, 0.6) is 0 Å². The molecule has 1 aromatic carbocycles. The molecule has 0 spiro atoms. The molecule has 5 unspecified atom stereocenters. The molecule has 3 aliphatic heterocycles. The maximum Gasteiger partial charge on any atom is 0.306 e. The second-order valence-corrected chi connectivity index (χ2v) is 18.2. The van der Waals surface area contributed by atoms with Crippen molar-refractivity contribution >= 4 is 11.8 Å². The molecule has 6 aliphatic rings. The van der Waals surface area contributed by atoms with Crippen LogP contribution in [0.1, 0.15) is 97.0 Å². The Morgan fingerprint density at radius 1 is 0.847 bits per heavy atom. The number of hydrogen-bond acceptors (Lipinski definition) is 11. The Labute approximate surface area is 350 Å². The molecule has 4 fully saturated rings. The van der Waals surface area contributed by atoms with E-state index in [2.05, 4.69) is 38.1 Å². The van der Waals surface area contributed by atoms with Crippen molar-refractivity contribution in [2.75, 3.05) is 35.4 Å². The van der Waals surface area contributed by atoms with Crippen LogP contribution in [0.25, 0.3) is 0 Å². The summed E-state index contributed by atoms with van der Waals surface area (Å²) in [4.78, 5) is 31.2. The third-order valence-corrected chi connectivity index (χ3v) is 14.5. The van der Waals surface area contributed by atoms with Crippen LogP contribution >= 0.6 is 0 Å². The monoisotopic (exact) mass is 825 g/mol. The quantitative estimate of drug-likeness (QED) is 0.177. The third kappa shape index (κ3) is 9.31. The van der Waals surface area contributed by atoms with Gasteiger partial charge in [-0.15, -0.1) is 0 Å². The zero-order valence-electron chi connectivity index (χ0n) is 36.6. The highest BCUT2D eigenvalue weighted by Crippen LogP contribution is 2.59. The fourth-order valence-corrected chi connectivity index (χ4v) is 11.5.